The van der Waals surface area contributed by atoms with Crippen LogP contribution in [0.25, 0.3) is 11.0 Å². The molecule has 0 radical (unpaired) electrons. The van der Waals surface area contributed by atoms with E-state index in [2.05, 4.69) is 23.2 Å². The summed E-state index contributed by atoms with van der Waals surface area (Å²) in [5.74, 6) is 2.04. The SMILES string of the molecule is Cc1cc(C)c2c(C)c(C(=O)NCC(c3ccc(C)o3)N3CCCC3)oc2c1. The van der Waals surface area contributed by atoms with Crippen molar-refractivity contribution in [2.75, 3.05) is 19.6 Å². The van der Waals surface area contributed by atoms with Crippen LogP contribution in [0.5, 0.6) is 0 Å². The third-order valence-electron chi connectivity index (χ3n) is 5.70. The van der Waals surface area contributed by atoms with E-state index in [9.17, 15) is 4.79 Å². The fourth-order valence-corrected chi connectivity index (χ4v) is 4.37. The van der Waals surface area contributed by atoms with Crippen molar-refractivity contribution in [3.63, 3.8) is 0 Å². The van der Waals surface area contributed by atoms with E-state index in [1.54, 1.807) is 0 Å². The summed E-state index contributed by atoms with van der Waals surface area (Å²) in [6.07, 6.45) is 2.37. The molecular formula is C23H28N2O3. The molecule has 1 aliphatic heterocycles. The van der Waals surface area contributed by atoms with E-state index in [1.807, 2.05) is 39.0 Å². The molecule has 2 aromatic heterocycles. The van der Waals surface area contributed by atoms with Gasteiger partial charge in [-0.2, -0.15) is 0 Å². The lowest BCUT2D eigenvalue weighted by Gasteiger charge is -2.25. The molecule has 0 bridgehead atoms. The minimum absolute atomic E-state index is 0.0498. The van der Waals surface area contributed by atoms with Gasteiger partial charge in [0.2, 0.25) is 0 Å². The first-order valence-electron chi connectivity index (χ1n) is 10.0. The van der Waals surface area contributed by atoms with E-state index >= 15 is 0 Å². The van der Waals surface area contributed by atoms with Gasteiger partial charge in [-0.05, 0) is 83.0 Å². The minimum Gasteiger partial charge on any atom is -0.465 e. The highest BCUT2D eigenvalue weighted by atomic mass is 16.3. The quantitative estimate of drug-likeness (QED) is 0.689. The zero-order valence-corrected chi connectivity index (χ0v) is 17.1. The number of amides is 1. The van der Waals surface area contributed by atoms with Crippen molar-refractivity contribution in [1.82, 2.24) is 10.2 Å². The van der Waals surface area contributed by atoms with Gasteiger partial charge in [-0.1, -0.05) is 6.07 Å². The molecule has 1 atom stereocenters. The summed E-state index contributed by atoms with van der Waals surface area (Å²) in [5.41, 5.74) is 3.94. The van der Waals surface area contributed by atoms with Gasteiger partial charge in [0.1, 0.15) is 17.1 Å². The van der Waals surface area contributed by atoms with Gasteiger partial charge in [0.15, 0.2) is 5.76 Å². The lowest BCUT2D eigenvalue weighted by atomic mass is 10.0. The molecule has 3 aromatic rings. The number of nitrogens with one attached hydrogen (secondary N) is 1. The van der Waals surface area contributed by atoms with Crippen LogP contribution in [0.3, 0.4) is 0 Å². The van der Waals surface area contributed by atoms with Gasteiger partial charge in [-0.15, -0.1) is 0 Å². The predicted molar refractivity (Wildman–Crippen MR) is 110 cm³/mol. The van der Waals surface area contributed by atoms with E-state index < -0.39 is 0 Å². The van der Waals surface area contributed by atoms with E-state index in [0.29, 0.717) is 12.3 Å². The summed E-state index contributed by atoms with van der Waals surface area (Å²) in [6.45, 7) is 10.6. The molecule has 4 rings (SSSR count). The molecule has 5 heteroatoms. The largest absolute Gasteiger partial charge is 0.465 e. The van der Waals surface area contributed by atoms with E-state index in [4.69, 9.17) is 8.83 Å². The molecular weight excluding hydrogens is 352 g/mol. The van der Waals surface area contributed by atoms with Crippen molar-refractivity contribution in [1.29, 1.82) is 0 Å². The van der Waals surface area contributed by atoms with Crippen LogP contribution >= 0.6 is 0 Å². The lowest BCUT2D eigenvalue weighted by molar-refractivity contribution is 0.0907. The zero-order chi connectivity index (χ0) is 19.8. The molecule has 0 spiro atoms. The smallest absolute Gasteiger partial charge is 0.287 e. The summed E-state index contributed by atoms with van der Waals surface area (Å²) in [6, 6.07) is 8.16. The minimum atomic E-state index is -0.168. The van der Waals surface area contributed by atoms with Crippen molar-refractivity contribution in [3.05, 3.63) is 58.2 Å². The molecule has 0 aliphatic carbocycles. The molecule has 1 unspecified atom stereocenters. The Morgan fingerprint density at radius 3 is 2.54 bits per heavy atom. The van der Waals surface area contributed by atoms with Crippen LogP contribution in [0.15, 0.2) is 33.1 Å². The first-order valence-corrected chi connectivity index (χ1v) is 10.0. The van der Waals surface area contributed by atoms with E-state index in [1.165, 1.54) is 12.8 Å². The second-order valence-electron chi connectivity index (χ2n) is 7.93. The maximum absolute atomic E-state index is 12.9. The molecule has 1 fully saturated rings. The van der Waals surface area contributed by atoms with Crippen LogP contribution in [0.4, 0.5) is 0 Å². The highest BCUT2D eigenvalue weighted by Crippen LogP contribution is 2.30. The van der Waals surface area contributed by atoms with Crippen LogP contribution in [-0.2, 0) is 0 Å². The number of benzene rings is 1. The maximum Gasteiger partial charge on any atom is 0.287 e. The summed E-state index contributed by atoms with van der Waals surface area (Å²) in [7, 11) is 0. The molecule has 3 heterocycles. The molecule has 1 saturated heterocycles. The third kappa shape index (κ3) is 3.47. The Balaban J connectivity index is 1.56. The molecule has 1 aliphatic rings. The monoisotopic (exact) mass is 380 g/mol. The molecule has 28 heavy (non-hydrogen) atoms. The van der Waals surface area contributed by atoms with Crippen molar-refractivity contribution in [2.24, 2.45) is 0 Å². The Morgan fingerprint density at radius 1 is 1.11 bits per heavy atom. The molecule has 1 amide bonds. The summed E-state index contributed by atoms with van der Waals surface area (Å²) >= 11 is 0. The summed E-state index contributed by atoms with van der Waals surface area (Å²) in [5, 5.41) is 4.12. The average Bonchev–Trinajstić information content (AvgIpc) is 3.36. The maximum atomic E-state index is 12.9. The molecule has 148 valence electrons. The van der Waals surface area contributed by atoms with Crippen molar-refractivity contribution in [3.8, 4) is 0 Å². The molecule has 1 N–H and O–H groups in total. The fraction of sp³-hybridized carbons (Fsp3) is 0.435. The van der Waals surface area contributed by atoms with Gasteiger partial charge in [-0.25, -0.2) is 0 Å². The number of aryl methyl sites for hydroxylation is 4. The van der Waals surface area contributed by atoms with Crippen LogP contribution in [0.2, 0.25) is 0 Å². The Hall–Kier alpha value is -2.53. The van der Waals surface area contributed by atoms with E-state index in [0.717, 1.165) is 52.3 Å². The average molecular weight is 380 g/mol. The molecule has 0 saturated carbocycles. The van der Waals surface area contributed by atoms with Crippen molar-refractivity contribution < 1.29 is 13.6 Å². The third-order valence-corrected chi connectivity index (χ3v) is 5.70. The van der Waals surface area contributed by atoms with Gasteiger partial charge >= 0.3 is 0 Å². The fourth-order valence-electron chi connectivity index (χ4n) is 4.37. The highest BCUT2D eigenvalue weighted by molar-refractivity contribution is 6.00. The second kappa shape index (κ2) is 7.47. The Bertz CT molecular complexity index is 1010. The summed E-state index contributed by atoms with van der Waals surface area (Å²) in [4.78, 5) is 15.3. The Morgan fingerprint density at radius 2 is 1.86 bits per heavy atom. The number of carbonyl (C=O) groups is 1. The lowest BCUT2D eigenvalue weighted by Crippen LogP contribution is -2.36. The van der Waals surface area contributed by atoms with Crippen molar-refractivity contribution in [2.45, 2.75) is 46.6 Å². The number of likely N-dealkylation sites (tertiary alicyclic amines) is 1. The predicted octanol–water partition coefficient (Wildman–Crippen LogP) is 4.83. The topological polar surface area (TPSA) is 58.6 Å². The van der Waals surface area contributed by atoms with Gasteiger partial charge in [0.25, 0.3) is 5.91 Å². The number of hydrogen-bond donors (Lipinski definition) is 1. The van der Waals surface area contributed by atoms with Crippen LogP contribution < -0.4 is 5.32 Å². The Labute approximate surface area is 165 Å². The Kier molecular flexibility index (Phi) is 5.02. The van der Waals surface area contributed by atoms with Crippen LogP contribution in [-0.4, -0.2) is 30.4 Å². The second-order valence-corrected chi connectivity index (χ2v) is 7.93. The van der Waals surface area contributed by atoms with Gasteiger partial charge in [0, 0.05) is 17.5 Å². The first kappa shape index (κ1) is 18.8. The zero-order valence-electron chi connectivity index (χ0n) is 17.1. The highest BCUT2D eigenvalue weighted by Gasteiger charge is 2.27. The first-order chi connectivity index (χ1) is 13.4. The summed E-state index contributed by atoms with van der Waals surface area (Å²) < 4.78 is 11.8. The van der Waals surface area contributed by atoms with Crippen LogP contribution in [0, 0.1) is 27.7 Å². The molecule has 1 aromatic carbocycles. The van der Waals surface area contributed by atoms with Crippen molar-refractivity contribution >= 4 is 16.9 Å². The number of fused-ring (bicyclic) bond motifs is 1. The number of hydrogen-bond acceptors (Lipinski definition) is 4. The number of carbonyl (C=O) groups excluding carboxylic acids is 1. The van der Waals surface area contributed by atoms with Gasteiger partial charge in [-0.3, -0.25) is 9.69 Å². The molecule has 5 nitrogen and oxygen atoms in total. The standard InChI is InChI=1S/C23H28N2O3/c1-14-11-15(2)21-17(4)22(28-20(21)12-14)23(26)24-13-18(25-9-5-6-10-25)19-8-7-16(3)27-19/h7-8,11-12,18H,5-6,9-10,13H2,1-4H3,(H,24,26). The number of rotatable bonds is 5. The van der Waals surface area contributed by atoms with E-state index in [-0.39, 0.29) is 11.9 Å². The number of nitrogens with zero attached hydrogens (tertiary/aromatic N) is 1. The van der Waals surface area contributed by atoms with Crippen LogP contribution in [0.1, 0.15) is 57.6 Å². The number of furan rings is 2. The van der Waals surface area contributed by atoms with Gasteiger partial charge in [0.05, 0.1) is 6.04 Å². The van der Waals surface area contributed by atoms with Gasteiger partial charge < -0.3 is 14.2 Å². The normalized spacial score (nSPS) is 16.0.